The Kier molecular flexibility index (Phi) is 4.82. The Hall–Kier alpha value is -1.67. The number of amides is 1. The lowest BCUT2D eigenvalue weighted by atomic mass is 10.2. The molecule has 3 heterocycles. The summed E-state index contributed by atoms with van der Waals surface area (Å²) in [6.07, 6.45) is 2.31. The lowest BCUT2D eigenvalue weighted by Crippen LogP contribution is -2.50. The van der Waals surface area contributed by atoms with Gasteiger partial charge in [-0.15, -0.1) is 0 Å². The molecule has 8 heteroatoms. The number of sulfone groups is 1. The molecule has 2 aliphatic heterocycles. The van der Waals surface area contributed by atoms with Crippen molar-refractivity contribution in [1.82, 2.24) is 15.2 Å². The predicted molar refractivity (Wildman–Crippen MR) is 88.1 cm³/mol. The number of hydrogen-bond donors (Lipinski definition) is 1. The first-order valence-electron chi connectivity index (χ1n) is 7.90. The van der Waals surface area contributed by atoms with Crippen molar-refractivity contribution in [3.05, 3.63) is 24.4 Å². The van der Waals surface area contributed by atoms with E-state index in [1.807, 2.05) is 18.2 Å². The normalized spacial score (nSPS) is 24.5. The summed E-state index contributed by atoms with van der Waals surface area (Å²) in [6.45, 7) is 3.59. The minimum Gasteiger partial charge on any atom is -0.354 e. The second-order valence-corrected chi connectivity index (χ2v) is 8.35. The number of piperazine rings is 1. The number of rotatable bonds is 4. The van der Waals surface area contributed by atoms with Gasteiger partial charge in [-0.25, -0.2) is 13.4 Å². The van der Waals surface area contributed by atoms with Crippen molar-refractivity contribution in [1.29, 1.82) is 0 Å². The first-order valence-corrected chi connectivity index (χ1v) is 9.72. The number of nitrogens with one attached hydrogen (secondary N) is 1. The van der Waals surface area contributed by atoms with E-state index in [-0.39, 0.29) is 23.5 Å². The Morgan fingerprint density at radius 3 is 2.65 bits per heavy atom. The van der Waals surface area contributed by atoms with Gasteiger partial charge in [-0.3, -0.25) is 9.69 Å². The van der Waals surface area contributed by atoms with E-state index in [0.717, 1.165) is 32.0 Å². The summed E-state index contributed by atoms with van der Waals surface area (Å²) in [5.74, 6) is 1.14. The largest absolute Gasteiger partial charge is 0.354 e. The van der Waals surface area contributed by atoms with Gasteiger partial charge in [-0.1, -0.05) is 6.07 Å². The van der Waals surface area contributed by atoms with Crippen molar-refractivity contribution < 1.29 is 13.2 Å². The average Bonchev–Trinajstić information content (AvgIpc) is 2.87. The molecule has 1 aromatic rings. The van der Waals surface area contributed by atoms with Crippen LogP contribution in [0.5, 0.6) is 0 Å². The molecule has 3 rings (SSSR count). The molecule has 0 aliphatic carbocycles. The average molecular weight is 338 g/mol. The third kappa shape index (κ3) is 4.42. The molecule has 7 nitrogen and oxygen atoms in total. The monoisotopic (exact) mass is 338 g/mol. The van der Waals surface area contributed by atoms with Crippen LogP contribution in [0.2, 0.25) is 0 Å². The first kappa shape index (κ1) is 16.2. The van der Waals surface area contributed by atoms with Crippen LogP contribution < -0.4 is 10.2 Å². The molecule has 0 radical (unpaired) electrons. The maximum atomic E-state index is 12.1. The van der Waals surface area contributed by atoms with E-state index >= 15 is 0 Å². The van der Waals surface area contributed by atoms with Gasteiger partial charge in [0.25, 0.3) is 0 Å². The Morgan fingerprint density at radius 1 is 1.26 bits per heavy atom. The molecule has 1 aromatic heterocycles. The molecule has 0 bridgehead atoms. The topological polar surface area (TPSA) is 82.6 Å². The predicted octanol–water partition coefficient (Wildman–Crippen LogP) is -0.493. The fourth-order valence-corrected chi connectivity index (χ4v) is 4.73. The smallest absolute Gasteiger partial charge is 0.234 e. The van der Waals surface area contributed by atoms with Crippen LogP contribution in [-0.4, -0.2) is 74.5 Å². The summed E-state index contributed by atoms with van der Waals surface area (Å²) in [4.78, 5) is 20.7. The number of anilines is 1. The summed E-state index contributed by atoms with van der Waals surface area (Å²) < 4.78 is 22.8. The van der Waals surface area contributed by atoms with Gasteiger partial charge in [-0.2, -0.15) is 0 Å². The van der Waals surface area contributed by atoms with Crippen LogP contribution >= 0.6 is 0 Å². The number of aromatic nitrogens is 1. The zero-order valence-corrected chi connectivity index (χ0v) is 13.8. The molecule has 2 fully saturated rings. The summed E-state index contributed by atoms with van der Waals surface area (Å²) in [7, 11) is -2.95. The number of nitrogens with zero attached hydrogens (tertiary/aromatic N) is 3. The minimum absolute atomic E-state index is 0.0756. The van der Waals surface area contributed by atoms with Crippen molar-refractivity contribution in [3.8, 4) is 0 Å². The van der Waals surface area contributed by atoms with E-state index in [1.165, 1.54) is 0 Å². The number of pyridine rings is 1. The number of carbonyl (C=O) groups is 1. The highest BCUT2D eigenvalue weighted by Gasteiger charge is 2.29. The van der Waals surface area contributed by atoms with E-state index in [4.69, 9.17) is 0 Å². The van der Waals surface area contributed by atoms with Gasteiger partial charge in [0.1, 0.15) is 5.82 Å². The summed E-state index contributed by atoms with van der Waals surface area (Å²) >= 11 is 0. The zero-order valence-electron chi connectivity index (χ0n) is 13.0. The Labute approximate surface area is 136 Å². The fraction of sp³-hybridized carbons (Fsp3) is 0.600. The third-order valence-electron chi connectivity index (χ3n) is 4.31. The van der Waals surface area contributed by atoms with Crippen LogP contribution in [0.1, 0.15) is 6.42 Å². The quantitative estimate of drug-likeness (QED) is 0.797. The lowest BCUT2D eigenvalue weighted by molar-refractivity contribution is -0.122. The van der Waals surface area contributed by atoms with Crippen LogP contribution in [-0.2, 0) is 14.6 Å². The molecular formula is C15H22N4O3S. The first-order chi connectivity index (χ1) is 11.0. The van der Waals surface area contributed by atoms with E-state index in [1.54, 1.807) is 6.20 Å². The van der Waals surface area contributed by atoms with Gasteiger partial charge < -0.3 is 10.2 Å². The van der Waals surface area contributed by atoms with E-state index in [9.17, 15) is 13.2 Å². The van der Waals surface area contributed by atoms with Gasteiger partial charge >= 0.3 is 0 Å². The molecule has 1 amide bonds. The molecule has 2 saturated heterocycles. The minimum atomic E-state index is -2.95. The Balaban J connectivity index is 1.43. The molecule has 0 spiro atoms. The molecular weight excluding hydrogens is 316 g/mol. The van der Waals surface area contributed by atoms with Crippen molar-refractivity contribution in [3.63, 3.8) is 0 Å². The summed E-state index contributed by atoms with van der Waals surface area (Å²) in [6, 6.07) is 5.64. The van der Waals surface area contributed by atoms with Gasteiger partial charge in [-0.05, 0) is 18.6 Å². The van der Waals surface area contributed by atoms with Crippen molar-refractivity contribution >= 4 is 21.6 Å². The van der Waals surface area contributed by atoms with E-state index in [0.29, 0.717) is 13.0 Å². The standard InChI is InChI=1S/C15H22N4O3S/c20-15(17-13-4-10-23(21,22)12-13)11-18-6-8-19(9-7-18)14-3-1-2-5-16-14/h1-3,5,13H,4,6-12H2,(H,17,20). The van der Waals surface area contributed by atoms with Crippen LogP contribution in [0.3, 0.4) is 0 Å². The van der Waals surface area contributed by atoms with Crippen LogP contribution in [0.25, 0.3) is 0 Å². The highest BCUT2D eigenvalue weighted by Crippen LogP contribution is 2.13. The molecule has 23 heavy (non-hydrogen) atoms. The molecule has 0 saturated carbocycles. The molecule has 0 aromatic carbocycles. The number of carbonyl (C=O) groups excluding carboxylic acids is 1. The molecule has 126 valence electrons. The molecule has 1 unspecified atom stereocenters. The van der Waals surface area contributed by atoms with Gasteiger partial charge in [0.2, 0.25) is 5.91 Å². The van der Waals surface area contributed by atoms with Crippen LogP contribution in [0, 0.1) is 0 Å². The maximum absolute atomic E-state index is 12.1. The second kappa shape index (κ2) is 6.84. The van der Waals surface area contributed by atoms with E-state index < -0.39 is 9.84 Å². The zero-order chi connectivity index (χ0) is 16.3. The number of hydrogen-bond acceptors (Lipinski definition) is 6. The van der Waals surface area contributed by atoms with Gasteiger partial charge in [0.05, 0.1) is 18.1 Å². The third-order valence-corrected chi connectivity index (χ3v) is 6.08. The van der Waals surface area contributed by atoms with Crippen LogP contribution in [0.4, 0.5) is 5.82 Å². The highest BCUT2D eigenvalue weighted by molar-refractivity contribution is 7.91. The molecule has 1 N–H and O–H groups in total. The molecule has 2 aliphatic rings. The lowest BCUT2D eigenvalue weighted by Gasteiger charge is -2.35. The second-order valence-electron chi connectivity index (χ2n) is 6.12. The van der Waals surface area contributed by atoms with Gasteiger partial charge in [0, 0.05) is 38.4 Å². The van der Waals surface area contributed by atoms with Crippen molar-refractivity contribution in [2.24, 2.45) is 0 Å². The summed E-state index contributed by atoms with van der Waals surface area (Å²) in [5, 5.41) is 2.84. The molecule has 1 atom stereocenters. The van der Waals surface area contributed by atoms with Crippen LogP contribution in [0.15, 0.2) is 24.4 Å². The van der Waals surface area contributed by atoms with Crippen molar-refractivity contribution in [2.75, 3.05) is 49.1 Å². The van der Waals surface area contributed by atoms with E-state index in [2.05, 4.69) is 20.1 Å². The summed E-state index contributed by atoms with van der Waals surface area (Å²) in [5.41, 5.74) is 0. The van der Waals surface area contributed by atoms with Crippen molar-refractivity contribution in [2.45, 2.75) is 12.5 Å². The highest BCUT2D eigenvalue weighted by atomic mass is 32.2. The Morgan fingerprint density at radius 2 is 2.04 bits per heavy atom. The Bertz CT molecular complexity index is 642. The SMILES string of the molecule is O=C(CN1CCN(c2ccccn2)CC1)NC1CCS(=O)(=O)C1. The maximum Gasteiger partial charge on any atom is 0.234 e. The fourth-order valence-electron chi connectivity index (χ4n) is 3.06. The van der Waals surface area contributed by atoms with Gasteiger partial charge in [0.15, 0.2) is 9.84 Å².